The normalized spacial score (nSPS) is 11.7. The SMILES string of the molecule is Cc1ccc(-c2ccsc2C(=O)O[C@@H](C)C(=O)Nc2cccc(Cl)c2)cc1. The van der Waals surface area contributed by atoms with Gasteiger partial charge >= 0.3 is 5.97 Å². The van der Waals surface area contributed by atoms with E-state index < -0.39 is 18.0 Å². The second kappa shape index (κ2) is 8.37. The third-order valence-electron chi connectivity index (χ3n) is 3.96. The highest BCUT2D eigenvalue weighted by molar-refractivity contribution is 7.12. The average molecular weight is 400 g/mol. The molecule has 138 valence electrons. The molecule has 0 spiro atoms. The summed E-state index contributed by atoms with van der Waals surface area (Å²) in [6.45, 7) is 3.55. The Hall–Kier alpha value is -2.63. The number of hydrogen-bond donors (Lipinski definition) is 1. The van der Waals surface area contributed by atoms with Crippen LogP contribution in [0, 0.1) is 6.92 Å². The smallest absolute Gasteiger partial charge is 0.349 e. The highest BCUT2D eigenvalue weighted by atomic mass is 35.5. The maximum atomic E-state index is 12.6. The van der Waals surface area contributed by atoms with Gasteiger partial charge < -0.3 is 10.1 Å². The van der Waals surface area contributed by atoms with Crippen LogP contribution in [0.15, 0.2) is 60.0 Å². The molecule has 0 radical (unpaired) electrons. The lowest BCUT2D eigenvalue weighted by Gasteiger charge is -2.14. The van der Waals surface area contributed by atoms with Gasteiger partial charge in [0.15, 0.2) is 6.10 Å². The van der Waals surface area contributed by atoms with Gasteiger partial charge in [0, 0.05) is 16.3 Å². The van der Waals surface area contributed by atoms with Crippen molar-refractivity contribution in [3.63, 3.8) is 0 Å². The molecule has 27 heavy (non-hydrogen) atoms. The molecule has 1 heterocycles. The molecule has 0 unspecified atom stereocenters. The monoisotopic (exact) mass is 399 g/mol. The minimum Gasteiger partial charge on any atom is -0.448 e. The van der Waals surface area contributed by atoms with Crippen molar-refractivity contribution in [1.82, 2.24) is 0 Å². The van der Waals surface area contributed by atoms with Gasteiger partial charge in [0.2, 0.25) is 0 Å². The number of benzene rings is 2. The lowest BCUT2D eigenvalue weighted by Crippen LogP contribution is -2.29. The predicted molar refractivity (Wildman–Crippen MR) is 109 cm³/mol. The topological polar surface area (TPSA) is 55.4 Å². The molecule has 1 aromatic heterocycles. The molecule has 0 bridgehead atoms. The van der Waals surface area contributed by atoms with Gasteiger partial charge in [-0.2, -0.15) is 0 Å². The lowest BCUT2D eigenvalue weighted by atomic mass is 10.1. The summed E-state index contributed by atoms with van der Waals surface area (Å²) < 4.78 is 5.37. The van der Waals surface area contributed by atoms with E-state index in [9.17, 15) is 9.59 Å². The van der Waals surface area contributed by atoms with Gasteiger partial charge in [-0.05, 0) is 49.1 Å². The number of amides is 1. The second-order valence-electron chi connectivity index (χ2n) is 6.08. The van der Waals surface area contributed by atoms with Crippen molar-refractivity contribution in [3.8, 4) is 11.1 Å². The van der Waals surface area contributed by atoms with Crippen LogP contribution in [0.2, 0.25) is 5.02 Å². The van der Waals surface area contributed by atoms with E-state index in [4.69, 9.17) is 16.3 Å². The van der Waals surface area contributed by atoms with Gasteiger partial charge in [-0.3, -0.25) is 4.79 Å². The summed E-state index contributed by atoms with van der Waals surface area (Å²) in [5.74, 6) is -0.937. The molecule has 0 saturated heterocycles. The van der Waals surface area contributed by atoms with Crippen molar-refractivity contribution >= 4 is 40.5 Å². The molecule has 0 aliphatic heterocycles. The number of thiophene rings is 1. The number of ether oxygens (including phenoxy) is 1. The van der Waals surface area contributed by atoms with Gasteiger partial charge in [-0.1, -0.05) is 47.5 Å². The number of esters is 1. The van der Waals surface area contributed by atoms with E-state index in [2.05, 4.69) is 5.32 Å². The number of halogens is 1. The first-order chi connectivity index (χ1) is 12.9. The third-order valence-corrected chi connectivity index (χ3v) is 5.09. The number of carbonyl (C=O) groups excluding carboxylic acids is 2. The number of carbonyl (C=O) groups is 2. The fourth-order valence-electron chi connectivity index (χ4n) is 2.51. The van der Waals surface area contributed by atoms with Crippen LogP contribution in [0.5, 0.6) is 0 Å². The molecule has 1 atom stereocenters. The Morgan fingerprint density at radius 1 is 1.11 bits per heavy atom. The van der Waals surface area contributed by atoms with Gasteiger partial charge in [-0.25, -0.2) is 4.79 Å². The molecule has 0 aliphatic rings. The standard InChI is InChI=1S/C21H18ClNO3S/c1-13-6-8-15(9-7-13)18-10-11-27-19(18)21(25)26-14(2)20(24)23-17-5-3-4-16(22)12-17/h3-12,14H,1-2H3,(H,23,24)/t14-/m0/s1. The molecule has 0 saturated carbocycles. The fourth-order valence-corrected chi connectivity index (χ4v) is 3.49. The van der Waals surface area contributed by atoms with Gasteiger partial charge in [-0.15, -0.1) is 11.3 Å². The zero-order chi connectivity index (χ0) is 19.4. The van der Waals surface area contributed by atoms with Crippen LogP contribution >= 0.6 is 22.9 Å². The molecule has 3 rings (SSSR count). The largest absolute Gasteiger partial charge is 0.448 e. The maximum Gasteiger partial charge on any atom is 0.349 e. The molecule has 0 fully saturated rings. The summed E-state index contributed by atoms with van der Waals surface area (Å²) >= 11 is 7.20. The van der Waals surface area contributed by atoms with Crippen LogP contribution in [0.1, 0.15) is 22.2 Å². The summed E-state index contributed by atoms with van der Waals surface area (Å²) in [6, 6.07) is 16.6. The van der Waals surface area contributed by atoms with Crippen molar-refractivity contribution in [3.05, 3.63) is 75.4 Å². The van der Waals surface area contributed by atoms with E-state index in [-0.39, 0.29) is 0 Å². The van der Waals surface area contributed by atoms with Gasteiger partial charge in [0.25, 0.3) is 5.91 Å². The van der Waals surface area contributed by atoms with E-state index in [0.29, 0.717) is 15.6 Å². The first-order valence-electron chi connectivity index (χ1n) is 8.36. The maximum absolute atomic E-state index is 12.6. The molecule has 3 aromatic rings. The minimum atomic E-state index is -0.940. The Kier molecular flexibility index (Phi) is 5.94. The van der Waals surface area contributed by atoms with Crippen molar-refractivity contribution < 1.29 is 14.3 Å². The van der Waals surface area contributed by atoms with Crippen LogP contribution < -0.4 is 5.32 Å². The zero-order valence-corrected chi connectivity index (χ0v) is 16.4. The van der Waals surface area contributed by atoms with E-state index in [1.165, 1.54) is 18.3 Å². The first-order valence-corrected chi connectivity index (χ1v) is 9.62. The van der Waals surface area contributed by atoms with E-state index >= 15 is 0 Å². The van der Waals surface area contributed by atoms with Crippen molar-refractivity contribution in [2.45, 2.75) is 20.0 Å². The Labute approximate surface area is 166 Å². The van der Waals surface area contributed by atoms with Crippen LogP contribution in [-0.4, -0.2) is 18.0 Å². The molecule has 1 amide bonds. The lowest BCUT2D eigenvalue weighted by molar-refractivity contribution is -0.123. The highest BCUT2D eigenvalue weighted by Crippen LogP contribution is 2.29. The number of aryl methyl sites for hydroxylation is 1. The van der Waals surface area contributed by atoms with Crippen LogP contribution in [0.4, 0.5) is 5.69 Å². The van der Waals surface area contributed by atoms with Crippen molar-refractivity contribution in [2.75, 3.05) is 5.32 Å². The quantitative estimate of drug-likeness (QED) is 0.571. The number of nitrogens with one attached hydrogen (secondary N) is 1. The first kappa shape index (κ1) is 19.1. The molecule has 6 heteroatoms. The van der Waals surface area contributed by atoms with E-state index in [1.807, 2.05) is 42.6 Å². The van der Waals surface area contributed by atoms with E-state index in [0.717, 1.165) is 16.7 Å². The summed E-state index contributed by atoms with van der Waals surface area (Å²) in [6.07, 6.45) is -0.940. The Morgan fingerprint density at radius 3 is 2.56 bits per heavy atom. The zero-order valence-electron chi connectivity index (χ0n) is 14.9. The van der Waals surface area contributed by atoms with Crippen LogP contribution in [0.3, 0.4) is 0 Å². The summed E-state index contributed by atoms with van der Waals surface area (Å²) in [4.78, 5) is 25.3. The summed E-state index contributed by atoms with van der Waals surface area (Å²) in [5, 5.41) is 5.04. The van der Waals surface area contributed by atoms with Gasteiger partial charge in [0.05, 0.1) is 0 Å². The molecule has 1 N–H and O–H groups in total. The molecule has 2 aromatic carbocycles. The highest BCUT2D eigenvalue weighted by Gasteiger charge is 2.22. The second-order valence-corrected chi connectivity index (χ2v) is 7.43. The Bertz CT molecular complexity index is 966. The molecule has 4 nitrogen and oxygen atoms in total. The third kappa shape index (κ3) is 4.76. The minimum absolute atomic E-state index is 0.418. The average Bonchev–Trinajstić information content (AvgIpc) is 3.12. The van der Waals surface area contributed by atoms with Crippen LogP contribution in [0.25, 0.3) is 11.1 Å². The van der Waals surface area contributed by atoms with Crippen LogP contribution in [-0.2, 0) is 9.53 Å². The molecular formula is C21H18ClNO3S. The number of anilines is 1. The predicted octanol–water partition coefficient (Wildman–Crippen LogP) is 5.56. The fraction of sp³-hybridized carbons (Fsp3) is 0.143. The van der Waals surface area contributed by atoms with Crippen molar-refractivity contribution in [1.29, 1.82) is 0 Å². The number of hydrogen-bond acceptors (Lipinski definition) is 4. The van der Waals surface area contributed by atoms with Crippen molar-refractivity contribution in [2.24, 2.45) is 0 Å². The Balaban J connectivity index is 1.69. The molecule has 0 aliphatic carbocycles. The number of rotatable bonds is 5. The van der Waals surface area contributed by atoms with Gasteiger partial charge in [0.1, 0.15) is 4.88 Å². The Morgan fingerprint density at radius 2 is 1.85 bits per heavy atom. The molecular weight excluding hydrogens is 382 g/mol. The summed E-state index contributed by atoms with van der Waals surface area (Å²) in [7, 11) is 0. The summed E-state index contributed by atoms with van der Waals surface area (Å²) in [5.41, 5.74) is 3.42. The van der Waals surface area contributed by atoms with E-state index in [1.54, 1.807) is 24.3 Å².